The molecule has 0 aliphatic rings. The van der Waals surface area contributed by atoms with Crippen LogP contribution in [0.3, 0.4) is 0 Å². The molecule has 0 saturated heterocycles. The molecule has 1 aromatic heterocycles. The number of carbonyl (C=O) groups excluding carboxylic acids is 1. The van der Waals surface area contributed by atoms with Gasteiger partial charge in [0.1, 0.15) is 5.82 Å². The first-order valence-electron chi connectivity index (χ1n) is 5.91. The number of nitrogens with one attached hydrogen (secondary N) is 1. The van der Waals surface area contributed by atoms with Crippen LogP contribution in [0.4, 0.5) is 11.5 Å². The molecule has 6 nitrogen and oxygen atoms in total. The Morgan fingerprint density at radius 1 is 1.53 bits per heavy atom. The summed E-state index contributed by atoms with van der Waals surface area (Å²) in [6.45, 7) is 5.47. The lowest BCUT2D eigenvalue weighted by Crippen LogP contribution is -2.14. The first-order valence-corrected chi connectivity index (χ1v) is 5.91. The summed E-state index contributed by atoms with van der Waals surface area (Å²) < 4.78 is 1.87. The Balaban J connectivity index is 2.59. The van der Waals surface area contributed by atoms with Gasteiger partial charge in [-0.1, -0.05) is 6.92 Å². The third-order valence-corrected chi connectivity index (χ3v) is 2.50. The van der Waals surface area contributed by atoms with Gasteiger partial charge in [-0.05, 0) is 19.8 Å². The highest BCUT2D eigenvalue weighted by Gasteiger charge is 2.11. The van der Waals surface area contributed by atoms with Gasteiger partial charge in [0.05, 0.1) is 11.4 Å². The number of amides is 1. The summed E-state index contributed by atoms with van der Waals surface area (Å²) in [5, 5.41) is 7.56. The fourth-order valence-corrected chi connectivity index (χ4v) is 1.62. The van der Waals surface area contributed by atoms with Gasteiger partial charge in [-0.15, -0.1) is 0 Å². The molecule has 0 aliphatic heterocycles. The van der Waals surface area contributed by atoms with Crippen LogP contribution in [0.1, 0.15) is 31.9 Å². The minimum atomic E-state index is -0.280. The van der Waals surface area contributed by atoms with Crippen LogP contribution in [0.15, 0.2) is 0 Å². The lowest BCUT2D eigenvalue weighted by atomic mass is 10.3. The van der Waals surface area contributed by atoms with E-state index in [1.54, 1.807) is 0 Å². The molecular weight excluding hydrogens is 218 g/mol. The maximum Gasteiger partial charge on any atom is 0.217 e. The Hall–Kier alpha value is -1.72. The summed E-state index contributed by atoms with van der Waals surface area (Å²) in [7, 11) is 0. The summed E-state index contributed by atoms with van der Waals surface area (Å²) >= 11 is 0. The zero-order valence-corrected chi connectivity index (χ0v) is 10.5. The molecule has 1 amide bonds. The van der Waals surface area contributed by atoms with Crippen molar-refractivity contribution in [2.45, 2.75) is 39.7 Å². The second-order valence-electron chi connectivity index (χ2n) is 4.07. The fourth-order valence-electron chi connectivity index (χ4n) is 1.62. The van der Waals surface area contributed by atoms with Crippen molar-refractivity contribution in [3.05, 3.63) is 5.69 Å². The largest absolute Gasteiger partial charge is 0.394 e. The molecule has 0 spiro atoms. The van der Waals surface area contributed by atoms with Gasteiger partial charge in [-0.3, -0.25) is 4.79 Å². The van der Waals surface area contributed by atoms with Crippen LogP contribution in [-0.4, -0.2) is 22.2 Å². The average Bonchev–Trinajstić information content (AvgIpc) is 2.51. The standard InChI is InChI=1S/C11H21N5O/c1-3-7-16-11(10(13)8(2)15-16)14-6-4-5-9(12)17/h14H,3-7,13H2,1-2H3,(H2,12,17). The van der Waals surface area contributed by atoms with Crippen LogP contribution in [0.2, 0.25) is 0 Å². The van der Waals surface area contributed by atoms with Crippen molar-refractivity contribution in [1.82, 2.24) is 9.78 Å². The van der Waals surface area contributed by atoms with Crippen molar-refractivity contribution in [1.29, 1.82) is 0 Å². The van der Waals surface area contributed by atoms with Gasteiger partial charge in [0.15, 0.2) is 0 Å². The predicted octanol–water partition coefficient (Wildman–Crippen LogP) is 0.861. The predicted molar refractivity (Wildman–Crippen MR) is 68.6 cm³/mol. The van der Waals surface area contributed by atoms with E-state index < -0.39 is 0 Å². The number of aromatic nitrogens is 2. The zero-order valence-electron chi connectivity index (χ0n) is 10.5. The highest BCUT2D eigenvalue weighted by atomic mass is 16.1. The van der Waals surface area contributed by atoms with E-state index in [2.05, 4.69) is 17.3 Å². The monoisotopic (exact) mass is 239 g/mol. The van der Waals surface area contributed by atoms with Crippen LogP contribution in [0.25, 0.3) is 0 Å². The number of hydrogen-bond acceptors (Lipinski definition) is 4. The van der Waals surface area contributed by atoms with Gasteiger partial charge in [-0.25, -0.2) is 4.68 Å². The first kappa shape index (κ1) is 13.3. The highest BCUT2D eigenvalue weighted by molar-refractivity contribution is 5.73. The summed E-state index contributed by atoms with van der Waals surface area (Å²) in [4.78, 5) is 10.6. The van der Waals surface area contributed by atoms with Crippen LogP contribution in [0, 0.1) is 6.92 Å². The van der Waals surface area contributed by atoms with Crippen LogP contribution >= 0.6 is 0 Å². The Bertz CT molecular complexity index is 385. The smallest absolute Gasteiger partial charge is 0.217 e. The lowest BCUT2D eigenvalue weighted by molar-refractivity contribution is -0.118. The molecule has 5 N–H and O–H groups in total. The van der Waals surface area contributed by atoms with E-state index in [0.29, 0.717) is 25.1 Å². The molecule has 0 saturated carbocycles. The third kappa shape index (κ3) is 3.65. The number of carbonyl (C=O) groups is 1. The minimum Gasteiger partial charge on any atom is -0.394 e. The van der Waals surface area contributed by atoms with Gasteiger partial charge in [0, 0.05) is 19.5 Å². The molecule has 6 heteroatoms. The maximum atomic E-state index is 10.6. The summed E-state index contributed by atoms with van der Waals surface area (Å²) in [5.74, 6) is 0.562. The summed E-state index contributed by atoms with van der Waals surface area (Å²) in [6, 6.07) is 0. The number of hydrogen-bond donors (Lipinski definition) is 3. The average molecular weight is 239 g/mol. The van der Waals surface area contributed by atoms with Gasteiger partial charge < -0.3 is 16.8 Å². The maximum absolute atomic E-state index is 10.6. The second kappa shape index (κ2) is 6.12. The molecule has 0 radical (unpaired) electrons. The molecule has 1 heterocycles. The molecule has 1 rings (SSSR count). The fraction of sp³-hybridized carbons (Fsp3) is 0.636. The van der Waals surface area contributed by atoms with Crippen molar-refractivity contribution in [3.63, 3.8) is 0 Å². The van der Waals surface area contributed by atoms with E-state index in [1.165, 1.54) is 0 Å². The van der Waals surface area contributed by atoms with E-state index in [9.17, 15) is 4.79 Å². The van der Waals surface area contributed by atoms with Crippen LogP contribution in [0.5, 0.6) is 0 Å². The van der Waals surface area contributed by atoms with E-state index in [-0.39, 0.29) is 5.91 Å². The molecular formula is C11H21N5O. The number of rotatable bonds is 7. The lowest BCUT2D eigenvalue weighted by Gasteiger charge is -2.09. The SMILES string of the molecule is CCCn1nc(C)c(N)c1NCCCC(N)=O. The number of nitrogens with zero attached hydrogens (tertiary/aromatic N) is 2. The number of aryl methyl sites for hydroxylation is 2. The molecule has 0 bridgehead atoms. The quantitative estimate of drug-likeness (QED) is 0.614. The number of nitrogen functional groups attached to an aromatic ring is 1. The van der Waals surface area contributed by atoms with Crippen LogP contribution < -0.4 is 16.8 Å². The van der Waals surface area contributed by atoms with E-state index in [0.717, 1.165) is 24.5 Å². The van der Waals surface area contributed by atoms with Gasteiger partial charge in [0.2, 0.25) is 5.91 Å². The Labute approximate surface area is 101 Å². The number of nitrogens with two attached hydrogens (primary N) is 2. The highest BCUT2D eigenvalue weighted by Crippen LogP contribution is 2.22. The molecule has 0 aliphatic carbocycles. The molecule has 17 heavy (non-hydrogen) atoms. The van der Waals surface area contributed by atoms with Gasteiger partial charge in [-0.2, -0.15) is 5.10 Å². The van der Waals surface area contributed by atoms with Gasteiger partial charge in [0.25, 0.3) is 0 Å². The van der Waals surface area contributed by atoms with E-state index >= 15 is 0 Å². The molecule has 96 valence electrons. The van der Waals surface area contributed by atoms with Crippen LogP contribution in [-0.2, 0) is 11.3 Å². The summed E-state index contributed by atoms with van der Waals surface area (Å²) in [5.41, 5.74) is 12.5. The molecule has 0 fully saturated rings. The molecule has 1 aromatic rings. The van der Waals surface area contributed by atoms with Crippen molar-refractivity contribution in [3.8, 4) is 0 Å². The van der Waals surface area contributed by atoms with Crippen molar-refractivity contribution in [2.75, 3.05) is 17.6 Å². The minimum absolute atomic E-state index is 0.280. The topological polar surface area (TPSA) is 99.0 Å². The van der Waals surface area contributed by atoms with Crippen molar-refractivity contribution >= 4 is 17.4 Å². The Morgan fingerprint density at radius 3 is 2.82 bits per heavy atom. The normalized spacial score (nSPS) is 10.5. The first-order chi connectivity index (χ1) is 8.06. The summed E-state index contributed by atoms with van der Waals surface area (Å²) in [6.07, 6.45) is 2.08. The van der Waals surface area contributed by atoms with Gasteiger partial charge >= 0.3 is 0 Å². The van der Waals surface area contributed by atoms with Crippen molar-refractivity contribution < 1.29 is 4.79 Å². The van der Waals surface area contributed by atoms with Crippen molar-refractivity contribution in [2.24, 2.45) is 5.73 Å². The second-order valence-corrected chi connectivity index (χ2v) is 4.07. The zero-order chi connectivity index (χ0) is 12.8. The Kier molecular flexibility index (Phi) is 4.81. The molecule has 0 atom stereocenters. The van der Waals surface area contributed by atoms with E-state index in [4.69, 9.17) is 11.5 Å². The molecule has 0 aromatic carbocycles. The number of primary amides is 1. The number of anilines is 2. The third-order valence-electron chi connectivity index (χ3n) is 2.50. The van der Waals surface area contributed by atoms with E-state index in [1.807, 2.05) is 11.6 Å². The molecule has 0 unspecified atom stereocenters. The Morgan fingerprint density at radius 2 is 2.24 bits per heavy atom.